The van der Waals surface area contributed by atoms with Crippen molar-refractivity contribution >= 4 is 23.4 Å². The molecule has 118 valence electrons. The van der Waals surface area contributed by atoms with Gasteiger partial charge in [-0.3, -0.25) is 4.79 Å². The highest BCUT2D eigenvalue weighted by atomic mass is 32.2. The van der Waals surface area contributed by atoms with E-state index in [9.17, 15) is 4.79 Å². The molecule has 1 rings (SSSR count). The predicted molar refractivity (Wildman–Crippen MR) is 94.4 cm³/mol. The number of hydrogen-bond acceptors (Lipinski definition) is 3. The fraction of sp³-hybridized carbons (Fsp3) is 0.588. The molecule has 0 heterocycles. The molecule has 3 nitrogen and oxygen atoms in total. The molecule has 0 atom stereocenters. The van der Waals surface area contributed by atoms with E-state index in [1.807, 2.05) is 36.0 Å². The summed E-state index contributed by atoms with van der Waals surface area (Å²) in [6.45, 7) is 8.17. The zero-order valence-corrected chi connectivity index (χ0v) is 14.5. The highest BCUT2D eigenvalue weighted by molar-refractivity contribution is 8.00. The molecule has 0 aliphatic carbocycles. The lowest BCUT2D eigenvalue weighted by atomic mass is 10.0. The minimum atomic E-state index is 0.0115. The van der Waals surface area contributed by atoms with E-state index in [0.717, 1.165) is 43.6 Å². The number of thioether (sulfide) groups is 1. The van der Waals surface area contributed by atoms with E-state index < -0.39 is 0 Å². The first-order chi connectivity index (χ1) is 10.1. The van der Waals surface area contributed by atoms with Gasteiger partial charge in [-0.15, -0.1) is 0 Å². The van der Waals surface area contributed by atoms with Crippen LogP contribution in [0, 0.1) is 0 Å². The van der Waals surface area contributed by atoms with Gasteiger partial charge in [0, 0.05) is 29.1 Å². The van der Waals surface area contributed by atoms with Crippen LogP contribution < -0.4 is 10.6 Å². The van der Waals surface area contributed by atoms with Crippen molar-refractivity contribution in [3.63, 3.8) is 0 Å². The molecular weight excluding hydrogens is 280 g/mol. The molecule has 1 aromatic carbocycles. The van der Waals surface area contributed by atoms with Crippen LogP contribution in [0.15, 0.2) is 24.3 Å². The number of rotatable bonds is 9. The van der Waals surface area contributed by atoms with E-state index in [0.29, 0.717) is 0 Å². The Hall–Kier alpha value is -1.16. The van der Waals surface area contributed by atoms with Crippen molar-refractivity contribution in [1.82, 2.24) is 5.32 Å². The lowest BCUT2D eigenvalue weighted by Crippen LogP contribution is -2.39. The Labute approximate surface area is 133 Å². The standard InChI is InChI=1S/C17H28N2OS/c1-5-12-18-15-10-8-14(9-11-15)16(20)19-13-17(6-2,7-3)21-4/h8-11,18H,5-7,12-13H2,1-4H3,(H,19,20). The Bertz CT molecular complexity index is 419. The van der Waals surface area contributed by atoms with Crippen LogP contribution >= 0.6 is 11.8 Å². The van der Waals surface area contributed by atoms with E-state index in [-0.39, 0.29) is 10.7 Å². The fourth-order valence-electron chi connectivity index (χ4n) is 2.21. The molecule has 21 heavy (non-hydrogen) atoms. The van der Waals surface area contributed by atoms with Crippen LogP contribution in [-0.4, -0.2) is 30.0 Å². The number of anilines is 1. The molecule has 0 saturated carbocycles. The molecular formula is C17H28N2OS. The van der Waals surface area contributed by atoms with Gasteiger partial charge in [0.1, 0.15) is 0 Å². The average Bonchev–Trinajstić information content (AvgIpc) is 2.55. The molecule has 0 saturated heterocycles. The summed E-state index contributed by atoms with van der Waals surface area (Å²) in [6, 6.07) is 7.69. The van der Waals surface area contributed by atoms with Gasteiger partial charge in [0.2, 0.25) is 0 Å². The maximum Gasteiger partial charge on any atom is 0.251 e. The van der Waals surface area contributed by atoms with Gasteiger partial charge in [-0.1, -0.05) is 20.8 Å². The number of nitrogens with one attached hydrogen (secondary N) is 2. The first-order valence-corrected chi connectivity index (χ1v) is 9.00. The van der Waals surface area contributed by atoms with Crippen LogP contribution in [-0.2, 0) is 0 Å². The highest BCUT2D eigenvalue weighted by Crippen LogP contribution is 2.29. The van der Waals surface area contributed by atoms with Crippen LogP contribution in [0.5, 0.6) is 0 Å². The van der Waals surface area contributed by atoms with E-state index in [1.54, 1.807) is 0 Å². The van der Waals surface area contributed by atoms with Gasteiger partial charge in [-0.05, 0) is 49.8 Å². The smallest absolute Gasteiger partial charge is 0.251 e. The normalized spacial score (nSPS) is 11.2. The van der Waals surface area contributed by atoms with Gasteiger partial charge in [0.15, 0.2) is 0 Å². The molecule has 0 aromatic heterocycles. The SMILES string of the molecule is CCCNc1ccc(C(=O)NCC(CC)(CC)SC)cc1. The summed E-state index contributed by atoms with van der Waals surface area (Å²) >= 11 is 1.84. The summed E-state index contributed by atoms with van der Waals surface area (Å²) < 4.78 is 0.151. The molecule has 0 aliphatic heterocycles. The zero-order chi connectivity index (χ0) is 15.7. The summed E-state index contributed by atoms with van der Waals surface area (Å²) in [7, 11) is 0. The van der Waals surface area contributed by atoms with Crippen LogP contribution in [0.25, 0.3) is 0 Å². The van der Waals surface area contributed by atoms with Crippen molar-refractivity contribution in [3.05, 3.63) is 29.8 Å². The van der Waals surface area contributed by atoms with Crippen LogP contribution in [0.3, 0.4) is 0 Å². The third-order valence-electron chi connectivity index (χ3n) is 4.02. The Morgan fingerprint density at radius 2 is 1.76 bits per heavy atom. The van der Waals surface area contributed by atoms with Gasteiger partial charge in [-0.25, -0.2) is 0 Å². The van der Waals surface area contributed by atoms with Gasteiger partial charge in [0.05, 0.1) is 0 Å². The molecule has 1 aromatic rings. The highest BCUT2D eigenvalue weighted by Gasteiger charge is 2.25. The quantitative estimate of drug-likeness (QED) is 0.719. The van der Waals surface area contributed by atoms with Crippen molar-refractivity contribution in [2.45, 2.75) is 44.8 Å². The van der Waals surface area contributed by atoms with Gasteiger partial charge in [0.25, 0.3) is 5.91 Å². The summed E-state index contributed by atoms with van der Waals surface area (Å²) in [6.07, 6.45) is 5.33. The van der Waals surface area contributed by atoms with Gasteiger partial charge < -0.3 is 10.6 Å². The molecule has 0 fully saturated rings. The second kappa shape index (κ2) is 8.98. The molecule has 0 spiro atoms. The zero-order valence-electron chi connectivity index (χ0n) is 13.7. The Balaban J connectivity index is 2.59. The number of amides is 1. The van der Waals surface area contributed by atoms with E-state index >= 15 is 0 Å². The fourth-order valence-corrected chi connectivity index (χ4v) is 3.01. The molecule has 0 radical (unpaired) electrons. The maximum atomic E-state index is 12.2. The van der Waals surface area contributed by atoms with Crippen LogP contribution in [0.4, 0.5) is 5.69 Å². The molecule has 0 unspecified atom stereocenters. The van der Waals surface area contributed by atoms with Crippen molar-refractivity contribution < 1.29 is 4.79 Å². The van der Waals surface area contributed by atoms with Crippen molar-refractivity contribution in [2.24, 2.45) is 0 Å². The summed E-state index contributed by atoms with van der Waals surface area (Å²) in [5.74, 6) is 0.0115. The van der Waals surface area contributed by atoms with Crippen LogP contribution in [0.2, 0.25) is 0 Å². The monoisotopic (exact) mass is 308 g/mol. The Morgan fingerprint density at radius 1 is 1.14 bits per heavy atom. The van der Waals surface area contributed by atoms with E-state index in [4.69, 9.17) is 0 Å². The average molecular weight is 308 g/mol. The predicted octanol–water partition coefficient (Wildman–Crippen LogP) is 4.16. The van der Waals surface area contributed by atoms with E-state index in [1.165, 1.54) is 0 Å². The van der Waals surface area contributed by atoms with Crippen molar-refractivity contribution in [3.8, 4) is 0 Å². The molecule has 0 bridgehead atoms. The first kappa shape index (κ1) is 17.9. The number of hydrogen-bond donors (Lipinski definition) is 2. The topological polar surface area (TPSA) is 41.1 Å². The van der Waals surface area contributed by atoms with Crippen molar-refractivity contribution in [1.29, 1.82) is 0 Å². The number of carbonyl (C=O) groups is 1. The second-order valence-electron chi connectivity index (χ2n) is 5.28. The molecule has 4 heteroatoms. The number of benzene rings is 1. The maximum absolute atomic E-state index is 12.2. The van der Waals surface area contributed by atoms with Gasteiger partial charge >= 0.3 is 0 Å². The van der Waals surface area contributed by atoms with E-state index in [2.05, 4.69) is 37.7 Å². The lowest BCUT2D eigenvalue weighted by Gasteiger charge is -2.29. The lowest BCUT2D eigenvalue weighted by molar-refractivity contribution is 0.0949. The Kier molecular flexibility index (Phi) is 7.65. The molecule has 1 amide bonds. The summed E-state index contributed by atoms with van der Waals surface area (Å²) in [4.78, 5) is 12.2. The Morgan fingerprint density at radius 3 is 2.24 bits per heavy atom. The second-order valence-corrected chi connectivity index (χ2v) is 6.56. The first-order valence-electron chi connectivity index (χ1n) is 7.78. The number of carbonyl (C=O) groups excluding carboxylic acids is 1. The third-order valence-corrected chi connectivity index (χ3v) is 5.61. The van der Waals surface area contributed by atoms with Crippen LogP contribution in [0.1, 0.15) is 50.4 Å². The minimum absolute atomic E-state index is 0.0115. The molecule has 0 aliphatic rings. The third kappa shape index (κ3) is 5.27. The molecule has 2 N–H and O–H groups in total. The summed E-state index contributed by atoms with van der Waals surface area (Å²) in [5, 5.41) is 6.38. The minimum Gasteiger partial charge on any atom is -0.385 e. The summed E-state index contributed by atoms with van der Waals surface area (Å²) in [5.41, 5.74) is 1.79. The largest absolute Gasteiger partial charge is 0.385 e. The van der Waals surface area contributed by atoms with Crippen molar-refractivity contribution in [2.75, 3.05) is 24.7 Å². The van der Waals surface area contributed by atoms with Gasteiger partial charge in [-0.2, -0.15) is 11.8 Å².